The lowest BCUT2D eigenvalue weighted by molar-refractivity contribution is -0.274. The van der Waals surface area contributed by atoms with Gasteiger partial charge in [0.25, 0.3) is 11.6 Å². The van der Waals surface area contributed by atoms with E-state index in [-0.39, 0.29) is 24.9 Å². The van der Waals surface area contributed by atoms with Crippen molar-refractivity contribution in [1.29, 1.82) is 0 Å². The van der Waals surface area contributed by atoms with Gasteiger partial charge in [-0.05, 0) is 36.2 Å². The van der Waals surface area contributed by atoms with Crippen LogP contribution in [-0.4, -0.2) is 22.9 Å². The van der Waals surface area contributed by atoms with E-state index in [1.807, 2.05) is 0 Å². The topological polar surface area (TPSA) is 51.2 Å². The van der Waals surface area contributed by atoms with Crippen LogP contribution in [0.5, 0.6) is 5.75 Å². The Balaban J connectivity index is 1.91. The number of nitrogens with zero attached hydrogens (tertiary/aromatic N) is 1. The van der Waals surface area contributed by atoms with Gasteiger partial charge in [0.15, 0.2) is 0 Å². The van der Waals surface area contributed by atoms with E-state index in [1.165, 1.54) is 27.6 Å². The summed E-state index contributed by atoms with van der Waals surface area (Å²) in [6.45, 7) is 0.0310. The van der Waals surface area contributed by atoms with Crippen LogP contribution >= 0.6 is 9.24 Å². The second-order valence-corrected chi connectivity index (χ2v) is 6.52. The third kappa shape index (κ3) is 7.86. The second-order valence-electron chi connectivity index (χ2n) is 5.68. The molecule has 1 aromatic heterocycles. The van der Waals surface area contributed by atoms with Crippen molar-refractivity contribution < 1.29 is 31.5 Å². The highest BCUT2D eigenvalue weighted by Crippen LogP contribution is 2.27. The van der Waals surface area contributed by atoms with E-state index in [9.17, 15) is 26.7 Å². The predicted octanol–water partition coefficient (Wildman–Crippen LogP) is 4.31. The highest BCUT2D eigenvalue weighted by molar-refractivity contribution is 7.18. The zero-order chi connectivity index (χ0) is 20.1. The molecule has 146 valence electrons. The number of alkyl halides is 5. The molecule has 2 aromatic rings. The van der Waals surface area contributed by atoms with Crippen LogP contribution in [0.15, 0.2) is 42.6 Å². The van der Waals surface area contributed by atoms with Gasteiger partial charge in [0, 0.05) is 18.2 Å². The van der Waals surface area contributed by atoms with E-state index in [4.69, 9.17) is 0 Å². The van der Waals surface area contributed by atoms with Crippen molar-refractivity contribution in [3.05, 3.63) is 59.4 Å². The lowest BCUT2D eigenvalue weighted by Crippen LogP contribution is -2.23. The monoisotopic (exact) mass is 406 g/mol. The minimum absolute atomic E-state index is 0.00366. The molecule has 0 aliphatic rings. The van der Waals surface area contributed by atoms with Crippen molar-refractivity contribution in [3.63, 3.8) is 0 Å². The Bertz CT molecular complexity index is 776. The minimum Gasteiger partial charge on any atom is -0.406 e. The van der Waals surface area contributed by atoms with Gasteiger partial charge in [-0.15, -0.1) is 13.2 Å². The Labute approximate surface area is 154 Å². The van der Waals surface area contributed by atoms with Crippen LogP contribution in [0.25, 0.3) is 0 Å². The van der Waals surface area contributed by atoms with Gasteiger partial charge in [0.05, 0.1) is 12.2 Å². The van der Waals surface area contributed by atoms with Crippen LogP contribution in [0, 0.1) is 0 Å². The number of amides is 1. The fourth-order valence-electron chi connectivity index (χ4n) is 2.13. The van der Waals surface area contributed by atoms with Crippen molar-refractivity contribution in [1.82, 2.24) is 10.3 Å². The lowest BCUT2D eigenvalue weighted by atomic mass is 10.1. The number of carbonyl (C=O) groups excluding carboxylic acids is 1. The molecule has 0 radical (unpaired) electrons. The molecule has 0 saturated carbocycles. The number of carbonyl (C=O) groups is 1. The molecule has 0 aliphatic heterocycles. The molecule has 0 bridgehead atoms. The summed E-state index contributed by atoms with van der Waals surface area (Å²) in [6, 6.07) is 7.89. The fraction of sp³-hybridized carbons (Fsp3) is 0.294. The summed E-state index contributed by atoms with van der Waals surface area (Å²) in [7, 11) is 1.48. The minimum atomic E-state index is -4.85. The maximum absolute atomic E-state index is 12.8. The van der Waals surface area contributed by atoms with E-state index in [0.29, 0.717) is 11.3 Å². The summed E-state index contributed by atoms with van der Waals surface area (Å²) < 4.78 is 66.0. The highest BCUT2D eigenvalue weighted by Gasteiger charge is 2.31. The van der Waals surface area contributed by atoms with Crippen molar-refractivity contribution >= 4 is 15.1 Å². The van der Waals surface area contributed by atoms with Crippen molar-refractivity contribution in [2.75, 3.05) is 0 Å². The van der Waals surface area contributed by atoms with Gasteiger partial charge in [-0.3, -0.25) is 9.78 Å². The standard InChI is InChI=1S/C17H16F5N2O2P/c18-16(19,27)7-6-11-4-5-13(23-9-11)10-24-15(25)12-2-1-3-14(8-12)26-17(20,21)22/h1-5,8-9H,6-7,10,27H2,(H,24,25). The second kappa shape index (κ2) is 8.61. The van der Waals surface area contributed by atoms with E-state index in [2.05, 4.69) is 15.0 Å². The molecule has 2 rings (SSSR count). The molecule has 0 aliphatic carbocycles. The number of ether oxygens (including phenoxy) is 1. The Morgan fingerprint density at radius 2 is 1.89 bits per heavy atom. The molecule has 0 saturated heterocycles. The number of halogens is 5. The summed E-state index contributed by atoms with van der Waals surface area (Å²) in [6.07, 6.45) is -3.58. The number of hydrogen-bond donors (Lipinski definition) is 1. The fourth-order valence-corrected chi connectivity index (χ4v) is 2.27. The quantitative estimate of drug-likeness (QED) is 0.551. The van der Waals surface area contributed by atoms with Gasteiger partial charge in [-0.2, -0.15) is 0 Å². The van der Waals surface area contributed by atoms with Gasteiger partial charge < -0.3 is 10.1 Å². The van der Waals surface area contributed by atoms with E-state index >= 15 is 0 Å². The molecule has 4 nitrogen and oxygen atoms in total. The van der Waals surface area contributed by atoms with Crippen molar-refractivity contribution in [2.45, 2.75) is 31.4 Å². The van der Waals surface area contributed by atoms with Crippen molar-refractivity contribution in [2.24, 2.45) is 0 Å². The first-order valence-electron chi connectivity index (χ1n) is 7.76. The first kappa shape index (κ1) is 21.0. The number of nitrogens with one attached hydrogen (secondary N) is 1. The van der Waals surface area contributed by atoms with Gasteiger partial charge >= 0.3 is 6.36 Å². The molecular weight excluding hydrogens is 390 g/mol. The molecular formula is C17H16F5N2O2P. The van der Waals surface area contributed by atoms with Crippen LogP contribution in [0.1, 0.15) is 28.0 Å². The summed E-state index contributed by atoms with van der Waals surface area (Å²) >= 11 is 0. The highest BCUT2D eigenvalue weighted by atomic mass is 31.0. The van der Waals surface area contributed by atoms with Gasteiger partial charge in [0.1, 0.15) is 5.75 Å². The maximum Gasteiger partial charge on any atom is 0.573 e. The summed E-state index contributed by atoms with van der Waals surface area (Å²) in [5.41, 5.74) is -1.73. The Hall–Kier alpha value is -2.28. The van der Waals surface area contributed by atoms with Crippen LogP contribution in [0.4, 0.5) is 22.0 Å². The third-order valence-corrected chi connectivity index (χ3v) is 3.68. The average molecular weight is 406 g/mol. The van der Waals surface area contributed by atoms with Gasteiger partial charge in [0.2, 0.25) is 0 Å². The molecule has 1 atom stereocenters. The predicted molar refractivity (Wildman–Crippen MR) is 91.5 cm³/mol. The summed E-state index contributed by atoms with van der Waals surface area (Å²) in [5.74, 6) is -1.10. The number of pyridine rings is 1. The first-order valence-corrected chi connectivity index (χ1v) is 8.34. The first-order chi connectivity index (χ1) is 12.5. The molecule has 1 aromatic carbocycles. The molecule has 10 heteroatoms. The zero-order valence-corrected chi connectivity index (χ0v) is 15.0. The maximum atomic E-state index is 12.8. The van der Waals surface area contributed by atoms with Crippen LogP contribution < -0.4 is 10.1 Å². The molecule has 1 N–H and O–H groups in total. The Kier molecular flexibility index (Phi) is 6.70. The van der Waals surface area contributed by atoms with Gasteiger partial charge in [-0.1, -0.05) is 21.4 Å². The molecule has 1 unspecified atom stereocenters. The zero-order valence-electron chi connectivity index (χ0n) is 13.9. The largest absolute Gasteiger partial charge is 0.573 e. The smallest absolute Gasteiger partial charge is 0.406 e. The summed E-state index contributed by atoms with van der Waals surface area (Å²) in [5, 5.41) is 2.52. The van der Waals surface area contributed by atoms with E-state index in [1.54, 1.807) is 12.1 Å². The van der Waals surface area contributed by atoms with Crippen LogP contribution in [0.3, 0.4) is 0 Å². The Morgan fingerprint density at radius 3 is 2.48 bits per heavy atom. The average Bonchev–Trinajstić information content (AvgIpc) is 2.57. The molecule has 0 fully saturated rings. The van der Waals surface area contributed by atoms with Crippen LogP contribution in [0.2, 0.25) is 0 Å². The van der Waals surface area contributed by atoms with E-state index in [0.717, 1.165) is 12.1 Å². The number of rotatable bonds is 7. The number of aryl methyl sites for hydroxylation is 1. The molecule has 1 heterocycles. The number of hydrogen-bond acceptors (Lipinski definition) is 3. The molecule has 1 amide bonds. The van der Waals surface area contributed by atoms with Gasteiger partial charge in [-0.25, -0.2) is 8.78 Å². The van der Waals surface area contributed by atoms with E-state index < -0.39 is 23.7 Å². The number of benzene rings is 1. The van der Waals surface area contributed by atoms with Crippen molar-refractivity contribution in [3.8, 4) is 5.75 Å². The van der Waals surface area contributed by atoms with Crippen LogP contribution in [-0.2, 0) is 13.0 Å². The normalized spacial score (nSPS) is 11.9. The SMILES string of the molecule is O=C(NCc1ccc(CCC(F)(F)P)cn1)c1cccc(OC(F)(F)F)c1. The lowest BCUT2D eigenvalue weighted by Gasteiger charge is -2.11. The summed E-state index contributed by atoms with van der Waals surface area (Å²) in [4.78, 5) is 16.1. The number of aromatic nitrogens is 1. The third-order valence-electron chi connectivity index (χ3n) is 3.39. The molecule has 27 heavy (non-hydrogen) atoms. The Morgan fingerprint density at radius 1 is 1.15 bits per heavy atom. The molecule has 0 spiro atoms.